The van der Waals surface area contributed by atoms with Gasteiger partial charge in [0.15, 0.2) is 11.8 Å². The van der Waals surface area contributed by atoms with Crippen LogP contribution in [0.25, 0.3) is 22.2 Å². The van der Waals surface area contributed by atoms with E-state index in [1.807, 2.05) is 45.0 Å². The third-order valence-corrected chi connectivity index (χ3v) is 7.69. The Kier molecular flexibility index (Phi) is 7.72. The van der Waals surface area contributed by atoms with Gasteiger partial charge >= 0.3 is 11.8 Å². The Morgan fingerprint density at radius 2 is 1.62 bits per heavy atom. The summed E-state index contributed by atoms with van der Waals surface area (Å²) in [6, 6.07) is 24.9. The number of amides is 1. The summed E-state index contributed by atoms with van der Waals surface area (Å²) in [5.74, 6) is -0.543. The Morgan fingerprint density at radius 3 is 2.33 bits per heavy atom. The normalized spacial score (nSPS) is 15.3. The van der Waals surface area contributed by atoms with Gasteiger partial charge in [-0.25, -0.2) is 14.2 Å². The van der Waals surface area contributed by atoms with Crippen LogP contribution in [-0.4, -0.2) is 59.2 Å². The molecule has 3 aromatic carbocycles. The lowest BCUT2D eigenvalue weighted by atomic mass is 10.0. The Labute approximate surface area is 235 Å². The van der Waals surface area contributed by atoms with Crippen LogP contribution in [0, 0.1) is 0 Å². The summed E-state index contributed by atoms with van der Waals surface area (Å²) in [4.78, 5) is 31.8. The molecule has 8 nitrogen and oxygen atoms in total. The summed E-state index contributed by atoms with van der Waals surface area (Å²) in [6.45, 7) is 11.7. The molecule has 1 unspecified atom stereocenters. The van der Waals surface area contributed by atoms with E-state index in [-0.39, 0.29) is 0 Å². The first-order valence-electron chi connectivity index (χ1n) is 13.8. The molecule has 0 radical (unpaired) electrons. The number of rotatable bonds is 6. The van der Waals surface area contributed by atoms with Gasteiger partial charge < -0.3 is 19.0 Å². The van der Waals surface area contributed by atoms with Crippen LogP contribution in [0.15, 0.2) is 82.0 Å². The zero-order valence-electron chi connectivity index (χ0n) is 24.0. The van der Waals surface area contributed by atoms with E-state index in [2.05, 4.69) is 58.3 Å². The first-order chi connectivity index (χ1) is 19.1. The van der Waals surface area contributed by atoms with Gasteiger partial charge in [-0.05, 0) is 62.6 Å². The van der Waals surface area contributed by atoms with Gasteiger partial charge in [-0.15, -0.1) is 0 Å². The van der Waals surface area contributed by atoms with E-state index >= 15 is 0 Å². The number of ether oxygens (including phenoxy) is 1. The summed E-state index contributed by atoms with van der Waals surface area (Å²) in [5, 5.41) is 0. The van der Waals surface area contributed by atoms with Crippen LogP contribution < -0.4 is 10.7 Å². The molecule has 0 saturated carbocycles. The van der Waals surface area contributed by atoms with Gasteiger partial charge in [-0.2, -0.15) is 0 Å². The Balaban J connectivity index is 1.27. The maximum absolute atomic E-state index is 12.9. The predicted molar refractivity (Wildman–Crippen MR) is 159 cm³/mol. The molecule has 0 N–H and O–H groups in total. The summed E-state index contributed by atoms with van der Waals surface area (Å²) >= 11 is 0. The Bertz CT molecular complexity index is 1530. The number of anilines is 1. The number of para-hydroxylation sites is 1. The molecule has 4 aromatic rings. The van der Waals surface area contributed by atoms with E-state index in [9.17, 15) is 9.59 Å². The van der Waals surface area contributed by atoms with E-state index in [1.54, 1.807) is 14.0 Å². The zero-order valence-corrected chi connectivity index (χ0v) is 24.0. The van der Waals surface area contributed by atoms with Crippen molar-refractivity contribution in [1.82, 2.24) is 14.4 Å². The third-order valence-electron chi connectivity index (χ3n) is 7.69. The lowest BCUT2D eigenvalue weighted by molar-refractivity contribution is 0.0249. The Hall–Kier alpha value is -4.04. The van der Waals surface area contributed by atoms with Gasteiger partial charge in [-0.3, -0.25) is 4.90 Å². The molecule has 1 aliphatic heterocycles. The highest BCUT2D eigenvalue weighted by Gasteiger charge is 2.28. The number of nitrogens with zero attached hydrogens (tertiary/aromatic N) is 4. The SMILES string of the molecule is CC(OC(=O)N(C)C(C)(C)C)n1c(=O)oc2c(N3CCN(Cc4cccc(-c5ccccc5)c4)CC3)cccc21. The lowest BCUT2D eigenvalue weighted by Gasteiger charge is -2.36. The minimum absolute atomic E-state index is 0.403. The molecule has 2 heterocycles. The molecule has 1 aromatic heterocycles. The van der Waals surface area contributed by atoms with Crippen molar-refractivity contribution in [3.05, 3.63) is 88.9 Å². The highest BCUT2D eigenvalue weighted by Crippen LogP contribution is 2.30. The van der Waals surface area contributed by atoms with Gasteiger partial charge in [0.2, 0.25) is 0 Å². The van der Waals surface area contributed by atoms with Crippen LogP contribution >= 0.6 is 0 Å². The number of aromatic nitrogens is 1. The van der Waals surface area contributed by atoms with Crippen molar-refractivity contribution in [2.75, 3.05) is 38.1 Å². The maximum Gasteiger partial charge on any atom is 0.423 e. The van der Waals surface area contributed by atoms with Crippen molar-refractivity contribution in [1.29, 1.82) is 0 Å². The molecule has 0 aliphatic carbocycles. The second-order valence-electron chi connectivity index (χ2n) is 11.4. The van der Waals surface area contributed by atoms with Gasteiger partial charge in [0.1, 0.15) is 0 Å². The molecule has 210 valence electrons. The molecule has 0 bridgehead atoms. The molecule has 5 rings (SSSR count). The summed E-state index contributed by atoms with van der Waals surface area (Å²) < 4.78 is 12.8. The van der Waals surface area contributed by atoms with Crippen LogP contribution in [0.2, 0.25) is 0 Å². The molecule has 40 heavy (non-hydrogen) atoms. The number of hydrogen-bond acceptors (Lipinski definition) is 6. The van der Waals surface area contributed by atoms with Gasteiger partial charge in [0.05, 0.1) is 11.2 Å². The van der Waals surface area contributed by atoms with Crippen molar-refractivity contribution < 1.29 is 13.9 Å². The van der Waals surface area contributed by atoms with Crippen molar-refractivity contribution in [3.8, 4) is 11.1 Å². The highest BCUT2D eigenvalue weighted by atomic mass is 16.6. The van der Waals surface area contributed by atoms with Crippen LogP contribution in [-0.2, 0) is 11.3 Å². The van der Waals surface area contributed by atoms with E-state index < -0.39 is 23.6 Å². The van der Waals surface area contributed by atoms with Crippen molar-refractivity contribution in [3.63, 3.8) is 0 Å². The van der Waals surface area contributed by atoms with E-state index in [0.717, 1.165) is 38.4 Å². The summed E-state index contributed by atoms with van der Waals surface area (Å²) in [7, 11) is 1.68. The van der Waals surface area contributed by atoms with E-state index in [1.165, 1.54) is 26.2 Å². The van der Waals surface area contributed by atoms with E-state index in [4.69, 9.17) is 9.15 Å². The monoisotopic (exact) mass is 542 g/mol. The smallest absolute Gasteiger partial charge is 0.423 e. The lowest BCUT2D eigenvalue weighted by Crippen LogP contribution is -2.46. The van der Waals surface area contributed by atoms with Crippen molar-refractivity contribution >= 4 is 22.9 Å². The molecule has 1 amide bonds. The fourth-order valence-electron chi connectivity index (χ4n) is 5.07. The third kappa shape index (κ3) is 5.77. The quantitative estimate of drug-likeness (QED) is 0.299. The standard InChI is InChI=1S/C32H38N4O4/c1-23(39-30(37)33(5)32(2,3)4)36-28-16-10-15-27(29(28)40-31(36)38)35-19-17-34(18-20-35)22-24-11-9-14-26(21-24)25-12-7-6-8-13-25/h6-16,21,23H,17-20,22H2,1-5H3. The summed E-state index contributed by atoms with van der Waals surface area (Å²) in [6.07, 6.45) is -1.31. The number of piperazine rings is 1. The summed E-state index contributed by atoms with van der Waals surface area (Å²) in [5.41, 5.74) is 5.35. The highest BCUT2D eigenvalue weighted by molar-refractivity contribution is 5.87. The number of oxazole rings is 1. The first-order valence-corrected chi connectivity index (χ1v) is 13.8. The fourth-order valence-corrected chi connectivity index (χ4v) is 5.07. The molecular formula is C32H38N4O4. The second-order valence-corrected chi connectivity index (χ2v) is 11.4. The predicted octanol–water partition coefficient (Wildman–Crippen LogP) is 5.97. The van der Waals surface area contributed by atoms with Gasteiger partial charge in [-0.1, -0.05) is 54.6 Å². The second kappa shape index (κ2) is 11.2. The van der Waals surface area contributed by atoms with Gasteiger partial charge in [0, 0.05) is 45.3 Å². The average molecular weight is 543 g/mol. The van der Waals surface area contributed by atoms with E-state index in [0.29, 0.717) is 11.1 Å². The maximum atomic E-state index is 12.9. The molecular weight excluding hydrogens is 504 g/mol. The molecule has 1 saturated heterocycles. The zero-order chi connectivity index (χ0) is 28.4. The van der Waals surface area contributed by atoms with Crippen molar-refractivity contribution in [2.24, 2.45) is 0 Å². The Morgan fingerprint density at radius 1 is 0.950 bits per heavy atom. The number of hydrogen-bond donors (Lipinski definition) is 0. The topological polar surface area (TPSA) is 71.2 Å². The number of benzene rings is 3. The minimum atomic E-state index is -0.815. The minimum Gasteiger partial charge on any atom is -0.425 e. The van der Waals surface area contributed by atoms with Crippen LogP contribution in [0.5, 0.6) is 0 Å². The van der Waals surface area contributed by atoms with Crippen LogP contribution in [0.3, 0.4) is 0 Å². The molecule has 1 aliphatic rings. The first kappa shape index (κ1) is 27.5. The number of fused-ring (bicyclic) bond motifs is 1. The van der Waals surface area contributed by atoms with Gasteiger partial charge in [0.25, 0.3) is 0 Å². The molecule has 8 heteroatoms. The number of carbonyl (C=O) groups excluding carboxylic acids is 1. The molecule has 1 fully saturated rings. The molecule has 0 spiro atoms. The van der Waals surface area contributed by atoms with Crippen molar-refractivity contribution in [2.45, 2.75) is 46.0 Å². The number of carbonyl (C=O) groups is 1. The largest absolute Gasteiger partial charge is 0.425 e. The van der Waals surface area contributed by atoms with Crippen LogP contribution in [0.1, 0.15) is 39.5 Å². The fraction of sp³-hybridized carbons (Fsp3) is 0.375. The average Bonchev–Trinajstić information content (AvgIpc) is 3.29. The molecule has 1 atom stereocenters. The van der Waals surface area contributed by atoms with Crippen LogP contribution in [0.4, 0.5) is 10.5 Å².